The Labute approximate surface area is 90.1 Å². The molecule has 0 saturated carbocycles. The number of halogens is 1. The summed E-state index contributed by atoms with van der Waals surface area (Å²) in [4.78, 5) is 0. The van der Waals surface area contributed by atoms with E-state index in [1.54, 1.807) is 12.1 Å². The summed E-state index contributed by atoms with van der Waals surface area (Å²) in [5.74, 6) is 0.486. The van der Waals surface area contributed by atoms with Crippen LogP contribution in [-0.4, -0.2) is 25.3 Å². The fourth-order valence-electron chi connectivity index (χ4n) is 1.89. The third-order valence-corrected chi connectivity index (χ3v) is 2.68. The highest BCUT2D eigenvalue weighted by Crippen LogP contribution is 2.24. The second kappa shape index (κ2) is 6.53. The molecule has 1 fully saturated rings. The Balaban J connectivity index is 0.000000531. The van der Waals surface area contributed by atoms with Gasteiger partial charge in [0.25, 0.3) is 0 Å². The molecule has 3 heteroatoms. The van der Waals surface area contributed by atoms with Crippen molar-refractivity contribution < 1.29 is 9.50 Å². The molecule has 1 aliphatic heterocycles. The minimum absolute atomic E-state index is 0.141. The summed E-state index contributed by atoms with van der Waals surface area (Å²) in [7, 11) is 1.00. The summed E-state index contributed by atoms with van der Waals surface area (Å²) in [5, 5.41) is 10.3. The molecule has 0 amide bonds. The van der Waals surface area contributed by atoms with E-state index in [2.05, 4.69) is 5.32 Å². The average Bonchev–Trinajstić information content (AvgIpc) is 2.34. The molecule has 0 aromatic heterocycles. The molecule has 15 heavy (non-hydrogen) atoms. The molecule has 0 atom stereocenters. The Morgan fingerprint density at radius 3 is 2.20 bits per heavy atom. The zero-order chi connectivity index (χ0) is 11.1. The lowest BCUT2D eigenvalue weighted by atomic mass is 9.90. The molecule has 1 aromatic rings. The minimum Gasteiger partial charge on any atom is -0.400 e. The maximum atomic E-state index is 12.6. The van der Waals surface area contributed by atoms with Gasteiger partial charge in [-0.1, -0.05) is 12.1 Å². The highest BCUT2D eigenvalue weighted by atomic mass is 19.1. The van der Waals surface area contributed by atoms with E-state index in [1.165, 1.54) is 18.4 Å². The topological polar surface area (TPSA) is 32.3 Å². The fraction of sp³-hybridized carbons (Fsp3) is 0.500. The maximum Gasteiger partial charge on any atom is 0.123 e. The van der Waals surface area contributed by atoms with Crippen molar-refractivity contribution in [1.82, 2.24) is 5.32 Å². The Morgan fingerprint density at radius 1 is 1.13 bits per heavy atom. The zero-order valence-electron chi connectivity index (χ0n) is 9.04. The van der Waals surface area contributed by atoms with Crippen LogP contribution in [0.15, 0.2) is 24.3 Å². The van der Waals surface area contributed by atoms with Gasteiger partial charge in [0.2, 0.25) is 0 Å². The van der Waals surface area contributed by atoms with E-state index in [1.807, 2.05) is 12.1 Å². The lowest BCUT2D eigenvalue weighted by Gasteiger charge is -2.22. The fourth-order valence-corrected chi connectivity index (χ4v) is 1.89. The van der Waals surface area contributed by atoms with E-state index in [-0.39, 0.29) is 5.82 Å². The summed E-state index contributed by atoms with van der Waals surface area (Å²) in [5.41, 5.74) is 1.28. The number of rotatable bonds is 1. The van der Waals surface area contributed by atoms with Gasteiger partial charge in [0.1, 0.15) is 5.82 Å². The van der Waals surface area contributed by atoms with Crippen LogP contribution in [0.2, 0.25) is 0 Å². The first-order chi connectivity index (χ1) is 7.36. The van der Waals surface area contributed by atoms with Gasteiger partial charge in [-0.3, -0.25) is 0 Å². The molecule has 1 saturated heterocycles. The number of hydrogen-bond donors (Lipinski definition) is 2. The first kappa shape index (κ1) is 12.1. The number of aliphatic hydroxyl groups excluding tert-OH is 1. The van der Waals surface area contributed by atoms with E-state index in [0.717, 1.165) is 20.2 Å². The number of piperidine rings is 1. The van der Waals surface area contributed by atoms with Gasteiger partial charge in [-0.2, -0.15) is 0 Å². The van der Waals surface area contributed by atoms with Crippen molar-refractivity contribution in [2.75, 3.05) is 20.2 Å². The third-order valence-electron chi connectivity index (χ3n) is 2.68. The zero-order valence-corrected chi connectivity index (χ0v) is 9.04. The molecule has 2 N–H and O–H groups in total. The highest BCUT2D eigenvalue weighted by molar-refractivity contribution is 5.20. The van der Waals surface area contributed by atoms with Crippen molar-refractivity contribution in [1.29, 1.82) is 0 Å². The van der Waals surface area contributed by atoms with Crippen LogP contribution in [0.3, 0.4) is 0 Å². The van der Waals surface area contributed by atoms with Gasteiger partial charge in [-0.05, 0) is 49.5 Å². The van der Waals surface area contributed by atoms with Gasteiger partial charge in [0.05, 0.1) is 0 Å². The third kappa shape index (κ3) is 3.61. The minimum atomic E-state index is -0.141. The lowest BCUT2D eigenvalue weighted by molar-refractivity contribution is 0.399. The molecule has 2 rings (SSSR count). The van der Waals surface area contributed by atoms with Crippen molar-refractivity contribution in [3.8, 4) is 0 Å². The SMILES string of the molecule is CO.Fc1ccc(C2CCNCC2)cc1. The summed E-state index contributed by atoms with van der Waals surface area (Å²) in [6, 6.07) is 6.92. The van der Waals surface area contributed by atoms with E-state index >= 15 is 0 Å². The molecule has 1 aliphatic rings. The molecular weight excluding hydrogens is 193 g/mol. The van der Waals surface area contributed by atoms with Crippen LogP contribution in [0.1, 0.15) is 24.3 Å². The van der Waals surface area contributed by atoms with Crippen LogP contribution in [-0.2, 0) is 0 Å². The van der Waals surface area contributed by atoms with E-state index in [4.69, 9.17) is 5.11 Å². The first-order valence-corrected chi connectivity index (χ1v) is 5.27. The van der Waals surface area contributed by atoms with Crippen LogP contribution in [0.25, 0.3) is 0 Å². The van der Waals surface area contributed by atoms with Crippen molar-refractivity contribution in [3.63, 3.8) is 0 Å². The second-order valence-electron chi connectivity index (χ2n) is 3.58. The molecule has 0 unspecified atom stereocenters. The lowest BCUT2D eigenvalue weighted by Crippen LogP contribution is -2.26. The van der Waals surface area contributed by atoms with Crippen molar-refractivity contribution in [3.05, 3.63) is 35.6 Å². The molecule has 2 nitrogen and oxygen atoms in total. The van der Waals surface area contributed by atoms with E-state index < -0.39 is 0 Å². The number of benzene rings is 1. The molecule has 0 spiro atoms. The summed E-state index contributed by atoms with van der Waals surface area (Å²) >= 11 is 0. The van der Waals surface area contributed by atoms with Crippen molar-refractivity contribution >= 4 is 0 Å². The number of hydrogen-bond acceptors (Lipinski definition) is 2. The Bertz CT molecular complexity index is 267. The predicted octanol–water partition coefficient (Wildman–Crippen LogP) is 1.90. The quantitative estimate of drug-likeness (QED) is 0.743. The van der Waals surface area contributed by atoms with Crippen LogP contribution < -0.4 is 5.32 Å². The highest BCUT2D eigenvalue weighted by Gasteiger charge is 2.14. The smallest absolute Gasteiger partial charge is 0.123 e. The van der Waals surface area contributed by atoms with Crippen LogP contribution in [0.4, 0.5) is 4.39 Å². The molecule has 84 valence electrons. The van der Waals surface area contributed by atoms with Gasteiger partial charge < -0.3 is 10.4 Å². The van der Waals surface area contributed by atoms with Crippen molar-refractivity contribution in [2.24, 2.45) is 0 Å². The second-order valence-corrected chi connectivity index (χ2v) is 3.58. The normalized spacial score (nSPS) is 16.7. The molecule has 1 heterocycles. The maximum absolute atomic E-state index is 12.6. The number of nitrogens with one attached hydrogen (secondary N) is 1. The Hall–Kier alpha value is -0.930. The van der Waals surface area contributed by atoms with Crippen molar-refractivity contribution in [2.45, 2.75) is 18.8 Å². The largest absolute Gasteiger partial charge is 0.400 e. The standard InChI is InChI=1S/C11H14FN.CH4O/c12-11-3-1-9(2-4-11)10-5-7-13-8-6-10;1-2/h1-4,10,13H,5-8H2;2H,1H3. The number of aliphatic hydroxyl groups is 1. The molecular formula is C12H18FNO. The van der Waals surface area contributed by atoms with Gasteiger partial charge >= 0.3 is 0 Å². The van der Waals surface area contributed by atoms with E-state index in [9.17, 15) is 4.39 Å². The summed E-state index contributed by atoms with van der Waals surface area (Å²) in [6.07, 6.45) is 2.34. The Kier molecular flexibility index (Phi) is 5.29. The first-order valence-electron chi connectivity index (χ1n) is 5.27. The molecule has 0 radical (unpaired) electrons. The van der Waals surface area contributed by atoms with Crippen LogP contribution in [0, 0.1) is 5.82 Å². The van der Waals surface area contributed by atoms with E-state index in [0.29, 0.717) is 5.92 Å². The molecule has 1 aromatic carbocycles. The summed E-state index contributed by atoms with van der Waals surface area (Å²) < 4.78 is 12.6. The van der Waals surface area contributed by atoms with Gasteiger partial charge in [-0.15, -0.1) is 0 Å². The van der Waals surface area contributed by atoms with Gasteiger partial charge in [-0.25, -0.2) is 4.39 Å². The van der Waals surface area contributed by atoms with Gasteiger partial charge in [0, 0.05) is 7.11 Å². The van der Waals surface area contributed by atoms with Crippen LogP contribution in [0.5, 0.6) is 0 Å². The molecule has 0 bridgehead atoms. The monoisotopic (exact) mass is 211 g/mol. The summed E-state index contributed by atoms with van der Waals surface area (Å²) in [6.45, 7) is 2.17. The van der Waals surface area contributed by atoms with Crippen LogP contribution >= 0.6 is 0 Å². The average molecular weight is 211 g/mol. The molecule has 0 aliphatic carbocycles. The Morgan fingerprint density at radius 2 is 1.67 bits per heavy atom. The predicted molar refractivity (Wildman–Crippen MR) is 59.4 cm³/mol. The van der Waals surface area contributed by atoms with Gasteiger partial charge in [0.15, 0.2) is 0 Å².